The normalized spacial score (nSPS) is 20.7. The summed E-state index contributed by atoms with van der Waals surface area (Å²) in [6.07, 6.45) is 8.63. The Kier molecular flexibility index (Phi) is 2.94. The second kappa shape index (κ2) is 4.59. The third-order valence-electron chi connectivity index (χ3n) is 4.06. The molecule has 0 saturated heterocycles. The van der Waals surface area contributed by atoms with E-state index in [9.17, 15) is 0 Å². The van der Waals surface area contributed by atoms with Crippen molar-refractivity contribution in [2.45, 2.75) is 45.6 Å². The van der Waals surface area contributed by atoms with Crippen LogP contribution in [0.2, 0.25) is 0 Å². The van der Waals surface area contributed by atoms with Crippen LogP contribution in [0.4, 0.5) is 0 Å². The van der Waals surface area contributed by atoms with Crippen LogP contribution in [0.5, 0.6) is 0 Å². The number of fused-ring (bicyclic) bond motifs is 1. The minimum atomic E-state index is 0.186. The molecule has 18 heavy (non-hydrogen) atoms. The Morgan fingerprint density at radius 1 is 1.56 bits per heavy atom. The van der Waals surface area contributed by atoms with E-state index in [2.05, 4.69) is 23.9 Å². The fourth-order valence-corrected chi connectivity index (χ4v) is 2.76. The first-order valence-electron chi connectivity index (χ1n) is 6.84. The van der Waals surface area contributed by atoms with Gasteiger partial charge in [-0.2, -0.15) is 5.10 Å². The van der Waals surface area contributed by atoms with Crippen molar-refractivity contribution in [3.05, 3.63) is 35.7 Å². The summed E-state index contributed by atoms with van der Waals surface area (Å²) < 4.78 is 1.95. The van der Waals surface area contributed by atoms with Gasteiger partial charge in [-0.25, -0.2) is 4.98 Å². The Hall–Kier alpha value is -1.58. The van der Waals surface area contributed by atoms with Gasteiger partial charge in [-0.1, -0.05) is 13.3 Å². The lowest BCUT2D eigenvalue weighted by Gasteiger charge is -2.19. The smallest absolute Gasteiger partial charge is 0.131 e. The summed E-state index contributed by atoms with van der Waals surface area (Å²) >= 11 is 0. The molecule has 2 aromatic rings. The molecule has 1 N–H and O–H groups in total. The van der Waals surface area contributed by atoms with Gasteiger partial charge in [0.1, 0.15) is 11.9 Å². The molecule has 0 radical (unpaired) electrons. The third-order valence-corrected chi connectivity index (χ3v) is 4.06. The topological polar surface area (TPSA) is 46.5 Å². The Labute approximate surface area is 107 Å². The lowest BCUT2D eigenvalue weighted by atomic mass is 9.88. The van der Waals surface area contributed by atoms with Crippen LogP contribution in [0, 0.1) is 5.92 Å². The van der Waals surface area contributed by atoms with Gasteiger partial charge in [-0.3, -0.25) is 4.68 Å². The van der Waals surface area contributed by atoms with Gasteiger partial charge in [0.05, 0.1) is 5.69 Å². The summed E-state index contributed by atoms with van der Waals surface area (Å²) in [6.45, 7) is 4.41. The van der Waals surface area contributed by atoms with Crippen molar-refractivity contribution in [3.63, 3.8) is 0 Å². The summed E-state index contributed by atoms with van der Waals surface area (Å²) in [5, 5.41) is 4.29. The summed E-state index contributed by atoms with van der Waals surface area (Å²) in [5.41, 5.74) is 2.62. The Morgan fingerprint density at radius 2 is 2.44 bits per heavy atom. The predicted molar refractivity (Wildman–Crippen MR) is 70.4 cm³/mol. The van der Waals surface area contributed by atoms with Gasteiger partial charge in [0.2, 0.25) is 0 Å². The first kappa shape index (κ1) is 11.5. The zero-order valence-corrected chi connectivity index (χ0v) is 11.1. The molecule has 2 atom stereocenters. The maximum Gasteiger partial charge on any atom is 0.131 e. The van der Waals surface area contributed by atoms with Crippen LogP contribution >= 0.6 is 0 Å². The van der Waals surface area contributed by atoms with Crippen LogP contribution in [-0.2, 0) is 12.8 Å². The van der Waals surface area contributed by atoms with Gasteiger partial charge in [0.25, 0.3) is 0 Å². The number of H-pyrrole nitrogens is 1. The van der Waals surface area contributed by atoms with Crippen molar-refractivity contribution < 1.29 is 0 Å². The highest BCUT2D eigenvalue weighted by Crippen LogP contribution is 2.27. The molecule has 4 nitrogen and oxygen atoms in total. The zero-order chi connectivity index (χ0) is 12.5. The van der Waals surface area contributed by atoms with E-state index in [1.165, 1.54) is 24.2 Å². The molecule has 96 valence electrons. The van der Waals surface area contributed by atoms with Crippen molar-refractivity contribution >= 4 is 0 Å². The van der Waals surface area contributed by atoms with Crippen molar-refractivity contribution in [3.8, 4) is 0 Å². The van der Waals surface area contributed by atoms with Crippen molar-refractivity contribution in [2.75, 3.05) is 0 Å². The van der Waals surface area contributed by atoms with E-state index in [0.717, 1.165) is 24.6 Å². The van der Waals surface area contributed by atoms with Gasteiger partial charge in [0.15, 0.2) is 0 Å². The maximum absolute atomic E-state index is 4.76. The molecule has 1 aliphatic carbocycles. The molecule has 1 aliphatic rings. The monoisotopic (exact) mass is 244 g/mol. The minimum Gasteiger partial charge on any atom is -0.344 e. The van der Waals surface area contributed by atoms with E-state index in [4.69, 9.17) is 4.98 Å². The molecule has 0 saturated carbocycles. The summed E-state index contributed by atoms with van der Waals surface area (Å²) in [5.74, 6) is 1.87. The van der Waals surface area contributed by atoms with Crippen LogP contribution in [0.1, 0.15) is 49.9 Å². The second-order valence-electron chi connectivity index (χ2n) is 5.23. The average Bonchev–Trinajstić information content (AvgIpc) is 3.05. The SMILES string of the molecule is CCC1CCc2nc(C(C)n3cccn3)[nH]c2C1. The number of hydrogen-bond donors (Lipinski definition) is 1. The van der Waals surface area contributed by atoms with Crippen LogP contribution in [0.25, 0.3) is 0 Å². The van der Waals surface area contributed by atoms with Gasteiger partial charge in [0, 0.05) is 18.1 Å². The number of rotatable bonds is 3. The largest absolute Gasteiger partial charge is 0.344 e. The first-order chi connectivity index (χ1) is 8.78. The van der Waals surface area contributed by atoms with E-state index in [-0.39, 0.29) is 6.04 Å². The lowest BCUT2D eigenvalue weighted by molar-refractivity contribution is 0.438. The standard InChI is InChI=1S/C14H20N4/c1-3-11-5-6-12-13(9-11)17-14(16-12)10(2)18-8-4-7-15-18/h4,7-8,10-11H,3,5-6,9H2,1-2H3,(H,16,17). The summed E-state index contributed by atoms with van der Waals surface area (Å²) in [7, 11) is 0. The molecule has 0 aliphatic heterocycles. The van der Waals surface area contributed by atoms with E-state index < -0.39 is 0 Å². The Balaban J connectivity index is 1.85. The van der Waals surface area contributed by atoms with Crippen LogP contribution in [0.3, 0.4) is 0 Å². The first-order valence-corrected chi connectivity index (χ1v) is 6.84. The van der Waals surface area contributed by atoms with Crippen LogP contribution in [0.15, 0.2) is 18.5 Å². The Morgan fingerprint density at radius 3 is 3.17 bits per heavy atom. The molecule has 3 rings (SSSR count). The quantitative estimate of drug-likeness (QED) is 0.902. The molecule has 0 bridgehead atoms. The molecule has 0 aromatic carbocycles. The number of aromatic amines is 1. The van der Waals surface area contributed by atoms with Gasteiger partial charge in [-0.15, -0.1) is 0 Å². The van der Waals surface area contributed by atoms with Crippen molar-refractivity contribution in [2.24, 2.45) is 5.92 Å². The fraction of sp³-hybridized carbons (Fsp3) is 0.571. The van der Waals surface area contributed by atoms with Crippen molar-refractivity contribution in [1.82, 2.24) is 19.7 Å². The number of hydrogen-bond acceptors (Lipinski definition) is 2. The van der Waals surface area contributed by atoms with E-state index in [1.807, 2.05) is 23.1 Å². The van der Waals surface area contributed by atoms with E-state index in [0.29, 0.717) is 0 Å². The molecule has 0 spiro atoms. The molecule has 2 unspecified atom stereocenters. The molecular formula is C14H20N4. The van der Waals surface area contributed by atoms with Gasteiger partial charge < -0.3 is 4.98 Å². The van der Waals surface area contributed by atoms with E-state index in [1.54, 1.807) is 0 Å². The third kappa shape index (κ3) is 1.96. The molecular weight excluding hydrogens is 224 g/mol. The average molecular weight is 244 g/mol. The molecule has 4 heteroatoms. The highest BCUT2D eigenvalue weighted by molar-refractivity contribution is 5.20. The fourth-order valence-electron chi connectivity index (χ4n) is 2.76. The van der Waals surface area contributed by atoms with Crippen LogP contribution in [-0.4, -0.2) is 19.7 Å². The Bertz CT molecular complexity index is 512. The molecule has 0 fully saturated rings. The number of nitrogens with one attached hydrogen (secondary N) is 1. The predicted octanol–water partition coefficient (Wildman–Crippen LogP) is 2.73. The maximum atomic E-state index is 4.76. The molecule has 0 amide bonds. The van der Waals surface area contributed by atoms with Gasteiger partial charge >= 0.3 is 0 Å². The van der Waals surface area contributed by atoms with Crippen LogP contribution < -0.4 is 0 Å². The summed E-state index contributed by atoms with van der Waals surface area (Å²) in [6, 6.07) is 2.14. The highest BCUT2D eigenvalue weighted by Gasteiger charge is 2.22. The highest BCUT2D eigenvalue weighted by atomic mass is 15.3. The van der Waals surface area contributed by atoms with E-state index >= 15 is 0 Å². The molecule has 2 heterocycles. The number of aryl methyl sites for hydroxylation is 1. The van der Waals surface area contributed by atoms with Crippen molar-refractivity contribution in [1.29, 1.82) is 0 Å². The lowest BCUT2D eigenvalue weighted by Crippen LogP contribution is -2.13. The number of nitrogens with zero attached hydrogens (tertiary/aromatic N) is 3. The zero-order valence-electron chi connectivity index (χ0n) is 11.1. The molecule has 2 aromatic heterocycles. The number of aromatic nitrogens is 4. The van der Waals surface area contributed by atoms with Gasteiger partial charge in [-0.05, 0) is 38.2 Å². The second-order valence-corrected chi connectivity index (χ2v) is 5.23. The summed E-state index contributed by atoms with van der Waals surface area (Å²) in [4.78, 5) is 8.27. The minimum absolute atomic E-state index is 0.186. The number of imidazole rings is 1.